The molecule has 5 nitrogen and oxygen atoms in total. The second kappa shape index (κ2) is 6.49. The first kappa shape index (κ1) is 17.4. The van der Waals surface area contributed by atoms with Crippen molar-refractivity contribution in [1.82, 2.24) is 4.72 Å². The predicted octanol–water partition coefficient (Wildman–Crippen LogP) is 2.19. The van der Waals surface area contributed by atoms with Crippen molar-refractivity contribution >= 4 is 21.6 Å². The highest BCUT2D eigenvalue weighted by atomic mass is 32.2. The van der Waals surface area contributed by atoms with Gasteiger partial charge in [-0.3, -0.25) is 4.79 Å². The van der Waals surface area contributed by atoms with Gasteiger partial charge in [-0.2, -0.15) is 4.72 Å². The summed E-state index contributed by atoms with van der Waals surface area (Å²) in [5.41, 5.74) is 0.421. The minimum absolute atomic E-state index is 0.145. The van der Waals surface area contributed by atoms with Gasteiger partial charge in [-0.1, -0.05) is 0 Å². The van der Waals surface area contributed by atoms with Gasteiger partial charge >= 0.3 is 0 Å². The summed E-state index contributed by atoms with van der Waals surface area (Å²) < 4.78 is 66.5. The number of nitrogens with zero attached hydrogens (tertiary/aromatic N) is 1. The number of amides is 1. The molecule has 1 amide bonds. The highest BCUT2D eigenvalue weighted by molar-refractivity contribution is 7.89. The summed E-state index contributed by atoms with van der Waals surface area (Å²) in [5, 5.41) is 0. The molecule has 9 heteroatoms. The number of rotatable bonds is 4. The molecule has 1 aliphatic heterocycles. The van der Waals surface area contributed by atoms with Crippen LogP contribution in [0.5, 0.6) is 0 Å². The quantitative estimate of drug-likeness (QED) is 0.897. The summed E-state index contributed by atoms with van der Waals surface area (Å²) >= 11 is 0. The monoisotopic (exact) mass is 370 g/mol. The number of carbonyl (C=O) groups excluding carboxylic acids is 1. The summed E-state index contributed by atoms with van der Waals surface area (Å²) in [5.74, 6) is -3.04. The number of sulfonamides is 1. The molecule has 0 saturated carbocycles. The number of carbonyl (C=O) groups is 1. The Labute approximate surface area is 142 Å². The lowest BCUT2D eigenvalue weighted by Crippen LogP contribution is -2.41. The van der Waals surface area contributed by atoms with Crippen LogP contribution in [0.15, 0.2) is 47.4 Å². The molecule has 132 valence electrons. The van der Waals surface area contributed by atoms with Crippen LogP contribution >= 0.6 is 0 Å². The van der Waals surface area contributed by atoms with Gasteiger partial charge in [-0.25, -0.2) is 21.6 Å². The standard InChI is InChI=1S/C16H13F3N2O3S/c17-10-1-4-12(5-2-10)21-8-7-14(16(21)22)20-25(23,24)15-9-11(18)3-6-13(15)19/h1-6,9,14,20H,7-8H2. The van der Waals surface area contributed by atoms with E-state index in [0.29, 0.717) is 17.8 Å². The Hall–Kier alpha value is -2.39. The van der Waals surface area contributed by atoms with Gasteiger partial charge in [0.25, 0.3) is 0 Å². The van der Waals surface area contributed by atoms with E-state index in [4.69, 9.17) is 0 Å². The van der Waals surface area contributed by atoms with Gasteiger partial charge in [-0.15, -0.1) is 0 Å². The van der Waals surface area contributed by atoms with E-state index >= 15 is 0 Å². The number of nitrogens with one attached hydrogen (secondary N) is 1. The molecule has 0 radical (unpaired) electrons. The fraction of sp³-hybridized carbons (Fsp3) is 0.188. The van der Waals surface area contributed by atoms with Crippen molar-refractivity contribution in [1.29, 1.82) is 0 Å². The summed E-state index contributed by atoms with van der Waals surface area (Å²) in [7, 11) is -4.41. The number of hydrogen-bond donors (Lipinski definition) is 1. The first-order chi connectivity index (χ1) is 11.8. The van der Waals surface area contributed by atoms with Gasteiger partial charge in [0.1, 0.15) is 28.4 Å². The van der Waals surface area contributed by atoms with Gasteiger partial charge < -0.3 is 4.90 Å². The molecular weight excluding hydrogens is 357 g/mol. The van der Waals surface area contributed by atoms with Crippen LogP contribution < -0.4 is 9.62 Å². The smallest absolute Gasteiger partial charge is 0.245 e. The van der Waals surface area contributed by atoms with Gasteiger partial charge in [-0.05, 0) is 48.9 Å². The first-order valence-corrected chi connectivity index (χ1v) is 8.80. The fourth-order valence-electron chi connectivity index (χ4n) is 2.60. The highest BCUT2D eigenvalue weighted by Gasteiger charge is 2.36. The zero-order chi connectivity index (χ0) is 18.2. The van der Waals surface area contributed by atoms with Crippen LogP contribution in [-0.2, 0) is 14.8 Å². The van der Waals surface area contributed by atoms with Crippen molar-refractivity contribution in [2.24, 2.45) is 0 Å². The van der Waals surface area contributed by atoms with Gasteiger partial charge in [0.2, 0.25) is 15.9 Å². The fourth-order valence-corrected chi connectivity index (χ4v) is 3.91. The summed E-state index contributed by atoms with van der Waals surface area (Å²) in [6.45, 7) is 0.212. The number of anilines is 1. The normalized spacial score (nSPS) is 18.0. The molecule has 2 aromatic rings. The van der Waals surface area contributed by atoms with Crippen molar-refractivity contribution in [3.63, 3.8) is 0 Å². The molecule has 2 aromatic carbocycles. The third-order valence-corrected chi connectivity index (χ3v) is 5.31. The zero-order valence-corrected chi connectivity index (χ0v) is 13.6. The maximum atomic E-state index is 13.7. The van der Waals surface area contributed by atoms with E-state index in [2.05, 4.69) is 4.72 Å². The third-order valence-electron chi connectivity index (χ3n) is 3.82. The Balaban J connectivity index is 1.80. The van der Waals surface area contributed by atoms with E-state index in [1.54, 1.807) is 0 Å². The maximum absolute atomic E-state index is 13.7. The predicted molar refractivity (Wildman–Crippen MR) is 83.8 cm³/mol. The largest absolute Gasteiger partial charge is 0.311 e. The van der Waals surface area contributed by atoms with Gasteiger partial charge in [0, 0.05) is 12.2 Å². The van der Waals surface area contributed by atoms with Crippen LogP contribution in [0.25, 0.3) is 0 Å². The van der Waals surface area contributed by atoms with Crippen LogP contribution in [0.1, 0.15) is 6.42 Å². The minimum atomic E-state index is -4.41. The molecule has 0 spiro atoms. The van der Waals surface area contributed by atoms with E-state index in [1.165, 1.54) is 29.2 Å². The molecule has 1 saturated heterocycles. The molecule has 1 N–H and O–H groups in total. The van der Waals surface area contributed by atoms with E-state index in [-0.39, 0.29) is 13.0 Å². The molecule has 1 atom stereocenters. The van der Waals surface area contributed by atoms with Crippen LogP contribution in [0.2, 0.25) is 0 Å². The van der Waals surface area contributed by atoms with E-state index in [9.17, 15) is 26.4 Å². The van der Waals surface area contributed by atoms with Crippen LogP contribution in [0, 0.1) is 17.5 Å². The Morgan fingerprint density at radius 1 is 1.00 bits per heavy atom. The lowest BCUT2D eigenvalue weighted by atomic mass is 10.3. The molecule has 1 fully saturated rings. The lowest BCUT2D eigenvalue weighted by molar-refractivity contribution is -0.118. The number of halogens is 3. The van der Waals surface area contributed by atoms with Gasteiger partial charge in [0.15, 0.2) is 0 Å². The minimum Gasteiger partial charge on any atom is -0.311 e. The summed E-state index contributed by atoms with van der Waals surface area (Å²) in [4.78, 5) is 12.8. The van der Waals surface area contributed by atoms with E-state index in [0.717, 1.165) is 6.07 Å². The topological polar surface area (TPSA) is 66.5 Å². The maximum Gasteiger partial charge on any atom is 0.245 e. The number of benzene rings is 2. The second-order valence-corrected chi connectivity index (χ2v) is 7.19. The van der Waals surface area contributed by atoms with Crippen molar-refractivity contribution in [3.05, 3.63) is 59.9 Å². The third kappa shape index (κ3) is 3.52. The molecule has 1 aliphatic rings. The first-order valence-electron chi connectivity index (χ1n) is 7.32. The Morgan fingerprint density at radius 2 is 1.64 bits per heavy atom. The zero-order valence-electron chi connectivity index (χ0n) is 12.7. The van der Waals surface area contributed by atoms with Crippen molar-refractivity contribution in [3.8, 4) is 0 Å². The van der Waals surface area contributed by atoms with Crippen LogP contribution in [-0.4, -0.2) is 26.9 Å². The van der Waals surface area contributed by atoms with Crippen molar-refractivity contribution < 1.29 is 26.4 Å². The molecule has 1 heterocycles. The SMILES string of the molecule is O=C1C(NS(=O)(=O)c2cc(F)ccc2F)CCN1c1ccc(F)cc1. The molecule has 25 heavy (non-hydrogen) atoms. The molecule has 0 aliphatic carbocycles. The molecule has 3 rings (SSSR count). The lowest BCUT2D eigenvalue weighted by Gasteiger charge is -2.17. The van der Waals surface area contributed by atoms with Crippen LogP contribution in [0.4, 0.5) is 18.9 Å². The Morgan fingerprint density at radius 3 is 2.32 bits per heavy atom. The summed E-state index contributed by atoms with van der Waals surface area (Å²) in [6, 6.07) is 6.10. The van der Waals surface area contributed by atoms with Gasteiger partial charge in [0.05, 0.1) is 0 Å². The summed E-state index contributed by atoms with van der Waals surface area (Å²) in [6.07, 6.45) is 0.145. The molecule has 0 bridgehead atoms. The molecular formula is C16H13F3N2O3S. The van der Waals surface area contributed by atoms with Crippen LogP contribution in [0.3, 0.4) is 0 Å². The molecule has 0 aromatic heterocycles. The molecule has 1 unspecified atom stereocenters. The highest BCUT2D eigenvalue weighted by Crippen LogP contribution is 2.24. The van der Waals surface area contributed by atoms with Crippen molar-refractivity contribution in [2.45, 2.75) is 17.4 Å². The average molecular weight is 370 g/mol. The number of hydrogen-bond acceptors (Lipinski definition) is 3. The van der Waals surface area contributed by atoms with E-state index < -0.39 is 44.3 Å². The average Bonchev–Trinajstić information content (AvgIpc) is 2.91. The van der Waals surface area contributed by atoms with E-state index in [1.807, 2.05) is 0 Å². The van der Waals surface area contributed by atoms with Crippen molar-refractivity contribution in [2.75, 3.05) is 11.4 Å². The Kier molecular flexibility index (Phi) is 4.53. The Bertz CT molecular complexity index is 917. The second-order valence-electron chi connectivity index (χ2n) is 5.50.